The van der Waals surface area contributed by atoms with Crippen molar-refractivity contribution in [1.82, 2.24) is 10.2 Å². The van der Waals surface area contributed by atoms with E-state index in [0.717, 1.165) is 5.56 Å². The highest BCUT2D eigenvalue weighted by molar-refractivity contribution is 8.00. The van der Waals surface area contributed by atoms with Crippen molar-refractivity contribution >= 4 is 50.9 Å². The van der Waals surface area contributed by atoms with Crippen LogP contribution < -0.4 is 9.64 Å². The normalized spacial score (nSPS) is 15.3. The summed E-state index contributed by atoms with van der Waals surface area (Å²) < 4.78 is 11.8. The monoisotopic (exact) mass is 571 g/mol. The molecule has 0 radical (unpaired) electrons. The van der Waals surface area contributed by atoms with Crippen LogP contribution in [-0.2, 0) is 10.5 Å². The molecule has 6 rings (SSSR count). The molecule has 0 bridgehead atoms. The number of carbonyl (C=O) groups is 2. The summed E-state index contributed by atoms with van der Waals surface area (Å²) in [6.45, 7) is 0. The first-order valence-electron chi connectivity index (χ1n) is 12.1. The summed E-state index contributed by atoms with van der Waals surface area (Å²) in [7, 11) is 1.49. The quantitative estimate of drug-likeness (QED) is 0.130. The van der Waals surface area contributed by atoms with Gasteiger partial charge in [0.05, 0.1) is 18.7 Å². The van der Waals surface area contributed by atoms with E-state index in [0.29, 0.717) is 32.4 Å². The van der Waals surface area contributed by atoms with Gasteiger partial charge in [0.1, 0.15) is 5.75 Å². The minimum atomic E-state index is -1.08. The Labute approximate surface area is 236 Å². The molecule has 3 aromatic carbocycles. The highest BCUT2D eigenvalue weighted by atomic mass is 32.2. The zero-order chi connectivity index (χ0) is 27.8. The molecule has 2 N–H and O–H groups in total. The minimum Gasteiger partial charge on any atom is -0.508 e. The molecule has 40 heavy (non-hydrogen) atoms. The highest BCUT2D eigenvalue weighted by Gasteiger charge is 2.47. The zero-order valence-corrected chi connectivity index (χ0v) is 22.6. The lowest BCUT2D eigenvalue weighted by Crippen LogP contribution is -2.31. The first-order chi connectivity index (χ1) is 19.4. The molecular weight excluding hydrogens is 550 g/mol. The van der Waals surface area contributed by atoms with Gasteiger partial charge in [-0.15, -0.1) is 10.2 Å². The summed E-state index contributed by atoms with van der Waals surface area (Å²) in [5, 5.41) is 30.5. The van der Waals surface area contributed by atoms with Gasteiger partial charge in [-0.25, -0.2) is 0 Å². The van der Waals surface area contributed by atoms with Crippen LogP contribution in [0.4, 0.5) is 5.13 Å². The maximum Gasteiger partial charge on any atom is 0.296 e. The Bertz CT molecular complexity index is 1780. The van der Waals surface area contributed by atoms with Crippen LogP contribution in [0.1, 0.15) is 27.7 Å². The SMILES string of the molecule is COc1cccc2cc(C(=O)C3=C(O)C(=O)N(c4nnc(SCc5ccccc5)s4)C3c3cccc(O)c3)oc12. The van der Waals surface area contributed by atoms with Crippen LogP contribution >= 0.6 is 23.1 Å². The third-order valence-electron chi connectivity index (χ3n) is 6.40. The smallest absolute Gasteiger partial charge is 0.296 e. The van der Waals surface area contributed by atoms with E-state index >= 15 is 0 Å². The molecule has 5 aromatic rings. The topological polar surface area (TPSA) is 126 Å². The number of anilines is 1. The summed E-state index contributed by atoms with van der Waals surface area (Å²) in [5.41, 5.74) is 1.69. The van der Waals surface area contributed by atoms with E-state index in [1.54, 1.807) is 30.3 Å². The van der Waals surface area contributed by atoms with Crippen molar-refractivity contribution < 1.29 is 29.0 Å². The Morgan fingerprint density at radius 1 is 1.05 bits per heavy atom. The van der Waals surface area contributed by atoms with Crippen molar-refractivity contribution in [3.8, 4) is 11.5 Å². The third-order valence-corrected chi connectivity index (χ3v) is 8.52. The molecule has 1 aliphatic heterocycles. The predicted octanol–water partition coefficient (Wildman–Crippen LogP) is 6.07. The number of aromatic nitrogens is 2. The van der Waals surface area contributed by atoms with Crippen molar-refractivity contribution in [1.29, 1.82) is 0 Å². The van der Waals surface area contributed by atoms with E-state index in [-0.39, 0.29) is 22.2 Å². The Balaban J connectivity index is 1.38. The summed E-state index contributed by atoms with van der Waals surface area (Å²) >= 11 is 2.63. The molecule has 1 unspecified atom stereocenters. The highest BCUT2D eigenvalue weighted by Crippen LogP contribution is 2.45. The number of phenols is 1. The molecule has 3 heterocycles. The van der Waals surface area contributed by atoms with Crippen LogP contribution in [0.15, 0.2) is 99.0 Å². The lowest BCUT2D eigenvalue weighted by molar-refractivity contribution is -0.117. The number of hydrogen-bond donors (Lipinski definition) is 2. The number of amides is 1. The number of hydrogen-bond acceptors (Lipinski definition) is 10. The molecule has 0 spiro atoms. The van der Waals surface area contributed by atoms with Crippen LogP contribution in [0.2, 0.25) is 0 Å². The number of para-hydroxylation sites is 1. The standard InChI is InChI=1S/C29H21N3O6S2/c1-37-20-12-6-10-18-14-21(38-26(18)20)24(34)22-23(17-9-5-11-19(33)13-17)32(27(36)25(22)35)28-30-31-29(40-28)39-15-16-7-3-2-4-8-16/h2-14,23,33,35H,15H2,1H3. The van der Waals surface area contributed by atoms with Gasteiger partial charge in [0.25, 0.3) is 5.91 Å². The fourth-order valence-electron chi connectivity index (χ4n) is 4.56. The lowest BCUT2D eigenvalue weighted by Gasteiger charge is -2.23. The number of benzene rings is 3. The predicted molar refractivity (Wildman–Crippen MR) is 151 cm³/mol. The number of phenolic OH excluding ortho intramolecular Hbond substituents is 1. The maximum atomic E-state index is 13.9. The van der Waals surface area contributed by atoms with Gasteiger partial charge in [0, 0.05) is 11.1 Å². The van der Waals surface area contributed by atoms with E-state index in [9.17, 15) is 19.8 Å². The fourth-order valence-corrected chi connectivity index (χ4v) is 6.39. The summed E-state index contributed by atoms with van der Waals surface area (Å²) in [5.74, 6) is -1.24. The number of aliphatic hydroxyl groups excluding tert-OH is 1. The van der Waals surface area contributed by atoms with Crippen molar-refractivity contribution in [2.75, 3.05) is 12.0 Å². The molecule has 1 amide bonds. The van der Waals surface area contributed by atoms with Crippen LogP contribution in [0.25, 0.3) is 11.0 Å². The number of fused-ring (bicyclic) bond motifs is 1. The van der Waals surface area contributed by atoms with Crippen LogP contribution in [-0.4, -0.2) is 39.2 Å². The molecular formula is C29H21N3O6S2. The molecule has 1 aliphatic rings. The van der Waals surface area contributed by atoms with Crippen molar-refractivity contribution in [3.63, 3.8) is 0 Å². The molecule has 0 aliphatic carbocycles. The average Bonchev–Trinajstić information content (AvgIpc) is 3.68. The number of furan rings is 1. The Morgan fingerprint density at radius 3 is 2.62 bits per heavy atom. The van der Waals surface area contributed by atoms with E-state index in [2.05, 4.69) is 10.2 Å². The van der Waals surface area contributed by atoms with Crippen molar-refractivity contribution in [2.24, 2.45) is 0 Å². The number of carbonyl (C=O) groups excluding carboxylic acids is 2. The van der Waals surface area contributed by atoms with E-state index in [4.69, 9.17) is 9.15 Å². The van der Waals surface area contributed by atoms with Crippen molar-refractivity contribution in [3.05, 3.63) is 107 Å². The molecule has 1 atom stereocenters. The average molecular weight is 572 g/mol. The number of nitrogens with zero attached hydrogens (tertiary/aromatic N) is 3. The number of Topliss-reactive ketones (excluding diaryl/α,β-unsaturated/α-hetero) is 1. The number of rotatable bonds is 8. The molecule has 0 fully saturated rings. The number of ketones is 1. The van der Waals surface area contributed by atoms with Crippen LogP contribution in [0.5, 0.6) is 11.5 Å². The second-order valence-electron chi connectivity index (χ2n) is 8.88. The first kappa shape index (κ1) is 25.7. The van der Waals surface area contributed by atoms with Crippen molar-refractivity contribution in [2.45, 2.75) is 16.1 Å². The first-order valence-corrected chi connectivity index (χ1v) is 13.9. The number of ether oxygens (including phenoxy) is 1. The van der Waals surface area contributed by atoms with Gasteiger partial charge < -0.3 is 19.4 Å². The largest absolute Gasteiger partial charge is 0.508 e. The zero-order valence-electron chi connectivity index (χ0n) is 21.0. The van der Waals surface area contributed by atoms with E-state index < -0.39 is 23.5 Å². The lowest BCUT2D eigenvalue weighted by atomic mass is 9.95. The van der Waals surface area contributed by atoms with Crippen LogP contribution in [0, 0.1) is 0 Å². The third kappa shape index (κ3) is 4.59. The second-order valence-corrected chi connectivity index (χ2v) is 11.1. The Morgan fingerprint density at radius 2 is 1.85 bits per heavy atom. The van der Waals surface area contributed by atoms with Gasteiger partial charge in [0.2, 0.25) is 10.9 Å². The second kappa shape index (κ2) is 10.5. The maximum absolute atomic E-state index is 13.9. The van der Waals surface area contributed by atoms with E-state index in [1.165, 1.54) is 53.3 Å². The van der Waals surface area contributed by atoms with Gasteiger partial charge in [-0.3, -0.25) is 14.5 Å². The number of methoxy groups -OCH3 is 1. The number of aromatic hydroxyl groups is 1. The Kier molecular flexibility index (Phi) is 6.74. The van der Waals surface area contributed by atoms with Gasteiger partial charge in [-0.2, -0.15) is 0 Å². The molecule has 9 nitrogen and oxygen atoms in total. The summed E-state index contributed by atoms with van der Waals surface area (Å²) in [4.78, 5) is 28.5. The van der Waals surface area contributed by atoms with Gasteiger partial charge >= 0.3 is 0 Å². The molecule has 200 valence electrons. The van der Waals surface area contributed by atoms with Gasteiger partial charge in [-0.1, -0.05) is 77.7 Å². The van der Waals surface area contributed by atoms with Gasteiger partial charge in [0.15, 0.2) is 27.2 Å². The Hall–Kier alpha value is -4.61. The minimum absolute atomic E-state index is 0.0621. The fraction of sp³-hybridized carbons (Fsp3) is 0.103. The van der Waals surface area contributed by atoms with E-state index in [1.807, 2.05) is 30.3 Å². The molecule has 0 saturated heterocycles. The molecule has 0 saturated carbocycles. The van der Waals surface area contributed by atoms with Gasteiger partial charge in [-0.05, 0) is 35.4 Å². The number of aliphatic hydroxyl groups is 1. The summed E-state index contributed by atoms with van der Waals surface area (Å²) in [6, 6.07) is 21.7. The molecule has 2 aromatic heterocycles. The summed E-state index contributed by atoms with van der Waals surface area (Å²) in [6.07, 6.45) is 0. The number of thioether (sulfide) groups is 1. The molecule has 11 heteroatoms. The van der Waals surface area contributed by atoms with Crippen LogP contribution in [0.3, 0.4) is 0 Å².